The Hall–Kier alpha value is -0.930. The molecule has 0 bridgehead atoms. The van der Waals surface area contributed by atoms with Crippen LogP contribution in [0.2, 0.25) is 0 Å². The van der Waals surface area contributed by atoms with Gasteiger partial charge in [-0.25, -0.2) is 4.39 Å². The first-order valence-corrected chi connectivity index (χ1v) is 4.78. The smallest absolute Gasteiger partial charge is 0.123 e. The van der Waals surface area contributed by atoms with Crippen LogP contribution in [0.15, 0.2) is 18.2 Å². The number of benzene rings is 1. The summed E-state index contributed by atoms with van der Waals surface area (Å²) in [5, 5.41) is 0. The van der Waals surface area contributed by atoms with Crippen molar-refractivity contribution in [2.75, 3.05) is 6.61 Å². The summed E-state index contributed by atoms with van der Waals surface area (Å²) in [4.78, 5) is 0. The highest BCUT2D eigenvalue weighted by Crippen LogP contribution is 2.17. The highest BCUT2D eigenvalue weighted by molar-refractivity contribution is 5.24. The van der Waals surface area contributed by atoms with Gasteiger partial charge in [0.05, 0.1) is 12.7 Å². The van der Waals surface area contributed by atoms with Crippen LogP contribution in [0.3, 0.4) is 0 Å². The van der Waals surface area contributed by atoms with E-state index in [0.29, 0.717) is 6.42 Å². The zero-order valence-corrected chi connectivity index (χ0v) is 8.16. The molecule has 1 aromatic rings. The number of halogens is 1. The molecule has 1 aliphatic heterocycles. The lowest BCUT2D eigenvalue weighted by Gasteiger charge is -2.08. The molecule has 1 aliphatic rings. The highest BCUT2D eigenvalue weighted by Gasteiger charge is 2.29. The molecule has 0 radical (unpaired) electrons. The van der Waals surface area contributed by atoms with Gasteiger partial charge in [-0.1, -0.05) is 6.07 Å². The normalized spacial score (nSPS) is 22.1. The number of ether oxygens (including phenoxy) is 1. The molecule has 76 valence electrons. The predicted octanol–water partition coefficient (Wildman–Crippen LogP) is 1.40. The second-order valence-corrected chi connectivity index (χ2v) is 3.88. The molecule has 1 heterocycles. The molecule has 2 atom stereocenters. The van der Waals surface area contributed by atoms with Crippen molar-refractivity contribution in [1.82, 2.24) is 0 Å². The molecular formula is C11H14FNO. The van der Waals surface area contributed by atoms with E-state index in [1.165, 1.54) is 12.1 Å². The Morgan fingerprint density at radius 1 is 1.57 bits per heavy atom. The van der Waals surface area contributed by atoms with Crippen molar-refractivity contribution in [2.45, 2.75) is 25.5 Å². The summed E-state index contributed by atoms with van der Waals surface area (Å²) < 4.78 is 18.1. The van der Waals surface area contributed by atoms with E-state index in [9.17, 15) is 4.39 Å². The van der Waals surface area contributed by atoms with Crippen molar-refractivity contribution >= 4 is 0 Å². The highest BCUT2D eigenvalue weighted by atomic mass is 19.1. The van der Waals surface area contributed by atoms with Gasteiger partial charge in [-0.05, 0) is 36.6 Å². The van der Waals surface area contributed by atoms with Crippen LogP contribution < -0.4 is 5.73 Å². The third-order valence-electron chi connectivity index (χ3n) is 2.41. The third-order valence-corrected chi connectivity index (χ3v) is 2.41. The SMILES string of the molecule is Cc1cc(F)cc(C[C@H](N)[C@H]2CO2)c1. The van der Waals surface area contributed by atoms with E-state index in [0.717, 1.165) is 17.7 Å². The quantitative estimate of drug-likeness (QED) is 0.740. The minimum atomic E-state index is -0.191. The van der Waals surface area contributed by atoms with Crippen LogP contribution in [0.25, 0.3) is 0 Å². The lowest BCUT2D eigenvalue weighted by molar-refractivity contribution is 0.371. The molecule has 14 heavy (non-hydrogen) atoms. The maximum atomic E-state index is 13.0. The number of aryl methyl sites for hydroxylation is 1. The largest absolute Gasteiger partial charge is 0.371 e. The second-order valence-electron chi connectivity index (χ2n) is 3.88. The maximum Gasteiger partial charge on any atom is 0.123 e. The van der Waals surface area contributed by atoms with Crippen molar-refractivity contribution in [3.05, 3.63) is 35.1 Å². The van der Waals surface area contributed by atoms with E-state index in [1.807, 2.05) is 13.0 Å². The van der Waals surface area contributed by atoms with Crippen molar-refractivity contribution in [3.8, 4) is 0 Å². The monoisotopic (exact) mass is 195 g/mol. The molecule has 2 nitrogen and oxygen atoms in total. The predicted molar refractivity (Wildman–Crippen MR) is 52.6 cm³/mol. The summed E-state index contributed by atoms with van der Waals surface area (Å²) in [6.45, 7) is 2.63. The minimum absolute atomic E-state index is 0.00352. The summed E-state index contributed by atoms with van der Waals surface area (Å²) in [5.41, 5.74) is 7.75. The molecule has 1 fully saturated rings. The standard InChI is InChI=1S/C11H14FNO/c1-7-2-8(4-9(12)3-7)5-10(13)11-6-14-11/h2-4,10-11H,5-6,13H2,1H3/t10-,11+/m0/s1. The fraction of sp³-hybridized carbons (Fsp3) is 0.455. The van der Waals surface area contributed by atoms with Crippen molar-refractivity contribution < 1.29 is 9.13 Å². The van der Waals surface area contributed by atoms with E-state index in [2.05, 4.69) is 0 Å². The number of epoxide rings is 1. The first-order chi connectivity index (χ1) is 6.65. The van der Waals surface area contributed by atoms with E-state index in [-0.39, 0.29) is 18.0 Å². The maximum absolute atomic E-state index is 13.0. The van der Waals surface area contributed by atoms with Gasteiger partial charge in [0.15, 0.2) is 0 Å². The molecule has 0 spiro atoms. The van der Waals surface area contributed by atoms with Crippen LogP contribution >= 0.6 is 0 Å². The topological polar surface area (TPSA) is 38.5 Å². The Labute approximate surface area is 82.9 Å². The van der Waals surface area contributed by atoms with Gasteiger partial charge in [0, 0.05) is 6.04 Å². The summed E-state index contributed by atoms with van der Waals surface area (Å²) >= 11 is 0. The van der Waals surface area contributed by atoms with Crippen molar-refractivity contribution in [3.63, 3.8) is 0 Å². The number of nitrogens with two attached hydrogens (primary N) is 1. The van der Waals surface area contributed by atoms with E-state index in [1.54, 1.807) is 0 Å². The van der Waals surface area contributed by atoms with Crippen LogP contribution in [-0.4, -0.2) is 18.8 Å². The average Bonchev–Trinajstić information content (AvgIpc) is 2.82. The number of hydrogen-bond donors (Lipinski definition) is 1. The van der Waals surface area contributed by atoms with Crippen LogP contribution in [0, 0.1) is 12.7 Å². The van der Waals surface area contributed by atoms with Gasteiger partial charge in [0.25, 0.3) is 0 Å². The first-order valence-electron chi connectivity index (χ1n) is 4.78. The Kier molecular flexibility index (Phi) is 2.52. The molecular weight excluding hydrogens is 181 g/mol. The van der Waals surface area contributed by atoms with Gasteiger partial charge in [-0.3, -0.25) is 0 Å². The first kappa shape index (κ1) is 9.62. The molecule has 2 N–H and O–H groups in total. The molecule has 3 heteroatoms. The van der Waals surface area contributed by atoms with Crippen LogP contribution in [0.5, 0.6) is 0 Å². The summed E-state index contributed by atoms with van der Waals surface area (Å²) in [5.74, 6) is -0.191. The van der Waals surface area contributed by atoms with E-state index in [4.69, 9.17) is 10.5 Å². The van der Waals surface area contributed by atoms with Gasteiger partial charge in [0.2, 0.25) is 0 Å². The molecule has 0 amide bonds. The van der Waals surface area contributed by atoms with Gasteiger partial charge in [-0.15, -0.1) is 0 Å². The van der Waals surface area contributed by atoms with Gasteiger partial charge >= 0.3 is 0 Å². The molecule has 1 saturated heterocycles. The van der Waals surface area contributed by atoms with Gasteiger partial charge < -0.3 is 10.5 Å². The lowest BCUT2D eigenvalue weighted by atomic mass is 10.0. The van der Waals surface area contributed by atoms with Crippen LogP contribution in [0.1, 0.15) is 11.1 Å². The van der Waals surface area contributed by atoms with Crippen LogP contribution in [0.4, 0.5) is 4.39 Å². The van der Waals surface area contributed by atoms with E-state index >= 15 is 0 Å². The Morgan fingerprint density at radius 3 is 2.86 bits per heavy atom. The molecule has 0 aromatic heterocycles. The second kappa shape index (κ2) is 3.67. The zero-order chi connectivity index (χ0) is 10.1. The van der Waals surface area contributed by atoms with Gasteiger partial charge in [0.1, 0.15) is 5.82 Å². The van der Waals surface area contributed by atoms with Crippen LogP contribution in [-0.2, 0) is 11.2 Å². The fourth-order valence-corrected chi connectivity index (χ4v) is 1.64. The molecule has 2 rings (SSSR count). The Balaban J connectivity index is 2.07. The zero-order valence-electron chi connectivity index (χ0n) is 8.16. The summed E-state index contributed by atoms with van der Waals surface area (Å²) in [7, 11) is 0. The Bertz CT molecular complexity index is 316. The lowest BCUT2D eigenvalue weighted by Crippen LogP contribution is -2.29. The molecule has 1 aromatic carbocycles. The number of rotatable bonds is 3. The van der Waals surface area contributed by atoms with E-state index < -0.39 is 0 Å². The Morgan fingerprint density at radius 2 is 2.29 bits per heavy atom. The van der Waals surface area contributed by atoms with Crippen molar-refractivity contribution in [2.24, 2.45) is 5.73 Å². The summed E-state index contributed by atoms with van der Waals surface area (Å²) in [6, 6.07) is 5.01. The fourth-order valence-electron chi connectivity index (χ4n) is 1.64. The number of hydrogen-bond acceptors (Lipinski definition) is 2. The minimum Gasteiger partial charge on any atom is -0.371 e. The molecule has 0 aliphatic carbocycles. The average molecular weight is 195 g/mol. The molecule has 0 saturated carbocycles. The summed E-state index contributed by atoms with van der Waals surface area (Å²) in [6.07, 6.45) is 0.863. The van der Waals surface area contributed by atoms with Crippen molar-refractivity contribution in [1.29, 1.82) is 0 Å². The molecule has 0 unspecified atom stereocenters. The van der Waals surface area contributed by atoms with Gasteiger partial charge in [-0.2, -0.15) is 0 Å². The third kappa shape index (κ3) is 2.30.